The average Bonchev–Trinajstić information content (AvgIpc) is 3.34. The number of carbonyl (C=O) groups is 3. The number of nitrogens with zero attached hydrogens (tertiary/aromatic N) is 3. The molecule has 0 saturated carbocycles. The highest BCUT2D eigenvalue weighted by atomic mass is 16.5. The first-order valence-corrected chi connectivity index (χ1v) is 11.5. The summed E-state index contributed by atoms with van der Waals surface area (Å²) >= 11 is 0. The number of rotatable bonds is 6. The molecule has 3 aromatic rings. The molecule has 1 aliphatic heterocycles. The number of aryl methyl sites for hydroxylation is 1. The van der Waals surface area contributed by atoms with Gasteiger partial charge in [0.1, 0.15) is 12.0 Å². The van der Waals surface area contributed by atoms with Crippen molar-refractivity contribution in [2.45, 2.75) is 19.3 Å². The highest BCUT2D eigenvalue weighted by Gasteiger charge is 2.50. The molecule has 5 rings (SSSR count). The molecule has 9 nitrogen and oxygen atoms in total. The fraction of sp³-hybridized carbons (Fsp3) is 0.308. The lowest BCUT2D eigenvalue weighted by atomic mass is 9.77. The summed E-state index contributed by atoms with van der Waals surface area (Å²) in [6, 6.07) is 16.1. The van der Waals surface area contributed by atoms with Gasteiger partial charge in [0.05, 0.1) is 5.69 Å². The fourth-order valence-electron chi connectivity index (χ4n) is 4.97. The fourth-order valence-corrected chi connectivity index (χ4v) is 4.97. The molecular weight excluding hydrogens is 448 g/mol. The van der Waals surface area contributed by atoms with Crippen LogP contribution in [0, 0.1) is 5.41 Å². The van der Waals surface area contributed by atoms with E-state index >= 15 is 0 Å². The second kappa shape index (κ2) is 8.57. The third kappa shape index (κ3) is 3.82. The van der Waals surface area contributed by atoms with Gasteiger partial charge in [-0.3, -0.25) is 19.6 Å². The Bertz CT molecular complexity index is 1280. The monoisotopic (exact) mass is 474 g/mol. The molecule has 0 unspecified atom stereocenters. The van der Waals surface area contributed by atoms with E-state index in [-0.39, 0.29) is 37.0 Å². The lowest BCUT2D eigenvalue weighted by Gasteiger charge is -2.46. The quantitative estimate of drug-likeness (QED) is 0.563. The molecule has 180 valence electrons. The van der Waals surface area contributed by atoms with E-state index in [4.69, 9.17) is 4.74 Å². The maximum absolute atomic E-state index is 13.0. The van der Waals surface area contributed by atoms with Crippen LogP contribution in [-0.4, -0.2) is 57.5 Å². The van der Waals surface area contributed by atoms with Crippen molar-refractivity contribution in [3.8, 4) is 11.1 Å². The van der Waals surface area contributed by atoms with Crippen molar-refractivity contribution in [2.75, 3.05) is 25.0 Å². The van der Waals surface area contributed by atoms with Crippen molar-refractivity contribution in [1.82, 2.24) is 14.7 Å². The smallest absolute Gasteiger partial charge is 0.411 e. The number of amides is 2. The minimum absolute atomic E-state index is 0.0519. The number of anilines is 1. The minimum atomic E-state index is -0.926. The summed E-state index contributed by atoms with van der Waals surface area (Å²) in [5, 5.41) is 16.3. The third-order valence-electron chi connectivity index (χ3n) is 7.02. The van der Waals surface area contributed by atoms with Crippen LogP contribution in [0.15, 0.2) is 54.7 Å². The number of likely N-dealkylation sites (tertiary alicyclic amines) is 1. The van der Waals surface area contributed by atoms with Crippen molar-refractivity contribution in [3.63, 3.8) is 0 Å². The number of aromatic nitrogens is 2. The molecule has 2 aliphatic rings. The number of aliphatic carboxylic acids is 1. The van der Waals surface area contributed by atoms with Crippen molar-refractivity contribution in [1.29, 1.82) is 0 Å². The van der Waals surface area contributed by atoms with Crippen molar-refractivity contribution < 1.29 is 24.2 Å². The van der Waals surface area contributed by atoms with E-state index < -0.39 is 23.4 Å². The van der Waals surface area contributed by atoms with E-state index in [2.05, 4.69) is 22.5 Å². The summed E-state index contributed by atoms with van der Waals surface area (Å²) in [4.78, 5) is 38.7. The van der Waals surface area contributed by atoms with Crippen LogP contribution >= 0.6 is 0 Å². The van der Waals surface area contributed by atoms with Gasteiger partial charge in [0.25, 0.3) is 5.91 Å². The molecule has 35 heavy (non-hydrogen) atoms. The zero-order valence-corrected chi connectivity index (χ0v) is 19.5. The Labute approximate surface area is 202 Å². The predicted octanol–water partition coefficient (Wildman–Crippen LogP) is 3.72. The number of ether oxygens (including phenoxy) is 1. The first-order chi connectivity index (χ1) is 16.8. The van der Waals surface area contributed by atoms with Crippen LogP contribution < -0.4 is 5.32 Å². The Kier molecular flexibility index (Phi) is 5.55. The van der Waals surface area contributed by atoms with E-state index in [9.17, 15) is 19.5 Å². The summed E-state index contributed by atoms with van der Waals surface area (Å²) in [7, 11) is 1.64. The van der Waals surface area contributed by atoms with Gasteiger partial charge in [-0.2, -0.15) is 5.10 Å². The van der Waals surface area contributed by atoms with Gasteiger partial charge in [0, 0.05) is 32.3 Å². The Morgan fingerprint density at radius 1 is 1.09 bits per heavy atom. The molecule has 0 atom stereocenters. The van der Waals surface area contributed by atoms with Crippen molar-refractivity contribution in [2.24, 2.45) is 12.5 Å². The maximum atomic E-state index is 13.0. The zero-order chi connectivity index (χ0) is 24.7. The number of benzene rings is 2. The van der Waals surface area contributed by atoms with E-state index in [1.807, 2.05) is 36.4 Å². The van der Waals surface area contributed by atoms with E-state index in [1.54, 1.807) is 14.0 Å². The van der Waals surface area contributed by atoms with Gasteiger partial charge >= 0.3 is 12.1 Å². The minimum Gasteiger partial charge on any atom is -0.481 e. The second-order valence-corrected chi connectivity index (χ2v) is 9.12. The molecule has 1 saturated heterocycles. The zero-order valence-electron chi connectivity index (χ0n) is 19.5. The number of fused-ring (bicyclic) bond motifs is 3. The SMILES string of the molecule is CCC1(C(=O)O)CN(C(=O)c2nn(C)cc2NC(=O)OCC2c3ccccc3-c3ccccc32)C1. The van der Waals surface area contributed by atoms with E-state index in [1.165, 1.54) is 15.8 Å². The molecule has 2 N–H and O–H groups in total. The van der Waals surface area contributed by atoms with E-state index in [0.717, 1.165) is 22.3 Å². The number of carboxylic acids is 1. The van der Waals surface area contributed by atoms with Crippen LogP contribution in [0.5, 0.6) is 0 Å². The average molecular weight is 475 g/mol. The lowest BCUT2D eigenvalue weighted by molar-refractivity contribution is -0.158. The topological polar surface area (TPSA) is 114 Å². The molecular formula is C26H26N4O5. The first-order valence-electron chi connectivity index (χ1n) is 11.5. The molecule has 9 heteroatoms. The van der Waals surface area contributed by atoms with Crippen LogP contribution in [0.1, 0.15) is 40.9 Å². The van der Waals surface area contributed by atoms with Crippen LogP contribution in [0.4, 0.5) is 10.5 Å². The first kappa shape index (κ1) is 22.6. The van der Waals surface area contributed by atoms with Crippen LogP contribution in [0.3, 0.4) is 0 Å². The summed E-state index contributed by atoms with van der Waals surface area (Å²) in [5.74, 6) is -1.42. The van der Waals surface area contributed by atoms with Gasteiger partial charge in [-0.15, -0.1) is 0 Å². The Morgan fingerprint density at radius 3 is 2.26 bits per heavy atom. The molecule has 2 amide bonds. The van der Waals surface area contributed by atoms with Gasteiger partial charge in [-0.25, -0.2) is 4.79 Å². The molecule has 0 radical (unpaired) electrons. The molecule has 0 bridgehead atoms. The molecule has 1 fully saturated rings. The molecule has 2 aromatic carbocycles. The van der Waals surface area contributed by atoms with Crippen molar-refractivity contribution >= 4 is 23.7 Å². The van der Waals surface area contributed by atoms with Gasteiger partial charge in [-0.1, -0.05) is 55.5 Å². The lowest BCUT2D eigenvalue weighted by Crippen LogP contribution is -2.62. The summed E-state index contributed by atoms with van der Waals surface area (Å²) in [6.07, 6.45) is 1.27. The van der Waals surface area contributed by atoms with Crippen LogP contribution in [0.2, 0.25) is 0 Å². The summed E-state index contributed by atoms with van der Waals surface area (Å²) in [6.45, 7) is 2.16. The standard InChI is InChI=1S/C26H26N4O5/c1-3-26(24(32)33)14-30(15-26)23(31)22-21(12-29(2)28-22)27-25(34)35-13-20-18-10-6-4-8-16(18)17-9-5-7-11-19(17)20/h4-12,20H,3,13-15H2,1-2H3,(H,27,34)(H,32,33). The number of carbonyl (C=O) groups excluding carboxylic acids is 2. The number of hydrogen-bond acceptors (Lipinski definition) is 5. The second-order valence-electron chi connectivity index (χ2n) is 9.12. The van der Waals surface area contributed by atoms with Gasteiger partial charge in [-0.05, 0) is 28.7 Å². The molecule has 1 aliphatic carbocycles. The Balaban J connectivity index is 1.27. The highest BCUT2D eigenvalue weighted by molar-refractivity contribution is 6.02. The Hall–Kier alpha value is -4.14. The van der Waals surface area contributed by atoms with Crippen LogP contribution in [0.25, 0.3) is 11.1 Å². The summed E-state index contributed by atoms with van der Waals surface area (Å²) in [5.41, 5.74) is 3.83. The molecule has 2 heterocycles. The molecule has 0 spiro atoms. The number of nitrogens with one attached hydrogen (secondary N) is 1. The van der Waals surface area contributed by atoms with Crippen LogP contribution in [-0.2, 0) is 16.6 Å². The third-order valence-corrected chi connectivity index (χ3v) is 7.02. The largest absolute Gasteiger partial charge is 0.481 e. The molecule has 1 aromatic heterocycles. The number of carboxylic acid groups (broad SMARTS) is 1. The Morgan fingerprint density at radius 2 is 1.69 bits per heavy atom. The van der Waals surface area contributed by atoms with E-state index in [0.29, 0.717) is 6.42 Å². The number of hydrogen-bond donors (Lipinski definition) is 2. The van der Waals surface area contributed by atoms with Crippen molar-refractivity contribution in [3.05, 3.63) is 71.5 Å². The highest BCUT2D eigenvalue weighted by Crippen LogP contribution is 2.44. The predicted molar refractivity (Wildman–Crippen MR) is 128 cm³/mol. The maximum Gasteiger partial charge on any atom is 0.411 e. The summed E-state index contributed by atoms with van der Waals surface area (Å²) < 4.78 is 7.01. The normalized spacial score (nSPS) is 15.7. The van der Waals surface area contributed by atoms with Gasteiger partial charge in [0.2, 0.25) is 0 Å². The van der Waals surface area contributed by atoms with Gasteiger partial charge in [0.15, 0.2) is 5.69 Å². The van der Waals surface area contributed by atoms with Gasteiger partial charge < -0.3 is 14.7 Å².